The Balaban J connectivity index is 0.00000147. The summed E-state index contributed by atoms with van der Waals surface area (Å²) in [6.45, 7) is 2.64. The van der Waals surface area contributed by atoms with Crippen molar-refractivity contribution in [2.24, 2.45) is 0 Å². The van der Waals surface area contributed by atoms with Crippen LogP contribution < -0.4 is 21.7 Å². The number of hydrogen-bond donors (Lipinski definition) is 0. The van der Waals surface area contributed by atoms with Crippen molar-refractivity contribution in [2.45, 2.75) is 6.92 Å². The molecule has 0 aliphatic rings. The van der Waals surface area contributed by atoms with Crippen LogP contribution in [-0.4, -0.2) is 16.0 Å². The molecule has 0 N–H and O–H groups in total. The van der Waals surface area contributed by atoms with Gasteiger partial charge in [-0.15, -0.1) is 0 Å². The Morgan fingerprint density at radius 2 is 1.95 bits per heavy atom. The Hall–Kier alpha value is -1.52. The van der Waals surface area contributed by atoms with Crippen molar-refractivity contribution >= 4 is 17.2 Å². The van der Waals surface area contributed by atoms with Crippen LogP contribution in [0.3, 0.4) is 0 Å². The number of hydrogen-bond acceptors (Lipinski definition) is 2. The monoisotopic (exact) mass is 351 g/mol. The summed E-state index contributed by atoms with van der Waals surface area (Å²) in [5.74, 6) is 0.873. The van der Waals surface area contributed by atoms with E-state index in [1.54, 1.807) is 0 Å². The number of fused-ring (bicyclic) bond motifs is 1. The van der Waals surface area contributed by atoms with Crippen LogP contribution in [-0.2, 0) is 0 Å². The highest BCUT2D eigenvalue weighted by Gasteiger charge is 2.05. The third kappa shape index (κ3) is 2.97. The van der Waals surface area contributed by atoms with Gasteiger partial charge in [-0.05, 0) is 37.3 Å². The van der Waals surface area contributed by atoms with Crippen molar-refractivity contribution < 1.29 is 21.7 Å². The van der Waals surface area contributed by atoms with Crippen molar-refractivity contribution in [1.82, 2.24) is 9.38 Å². The molecule has 5 heteroatoms. The molecule has 3 rings (SSSR count). The zero-order chi connectivity index (χ0) is 13.2. The molecule has 0 aliphatic heterocycles. The molecule has 1 aromatic carbocycles. The summed E-state index contributed by atoms with van der Waals surface area (Å²) < 4.78 is 7.38. The van der Waals surface area contributed by atoms with Crippen LogP contribution in [0.1, 0.15) is 6.92 Å². The largest absolute Gasteiger partial charge is 1.00 e. The lowest BCUT2D eigenvalue weighted by molar-refractivity contribution is -0.00000436. The van der Waals surface area contributed by atoms with Gasteiger partial charge in [0.25, 0.3) is 0 Å². The van der Waals surface area contributed by atoms with Gasteiger partial charge in [0.15, 0.2) is 0 Å². The van der Waals surface area contributed by atoms with Gasteiger partial charge in [-0.25, -0.2) is 4.98 Å². The number of benzene rings is 1. The fourth-order valence-electron chi connectivity index (χ4n) is 1.98. The summed E-state index contributed by atoms with van der Waals surface area (Å²) in [7, 11) is 0. The van der Waals surface area contributed by atoms with E-state index >= 15 is 0 Å². The third-order valence-electron chi connectivity index (χ3n) is 2.88. The Bertz CT molecular complexity index is 709. The van der Waals surface area contributed by atoms with Gasteiger partial charge in [-0.2, -0.15) is 0 Å². The van der Waals surface area contributed by atoms with E-state index in [4.69, 9.17) is 16.3 Å². The van der Waals surface area contributed by atoms with Gasteiger partial charge < -0.3 is 26.1 Å². The summed E-state index contributed by atoms with van der Waals surface area (Å²) in [5, 5.41) is 0.691. The molecule has 3 nitrogen and oxygen atoms in total. The van der Waals surface area contributed by atoms with E-state index in [1.165, 1.54) is 0 Å². The average molecular weight is 353 g/mol. The number of halogens is 2. The maximum Gasteiger partial charge on any atom is 0.138 e. The lowest BCUT2D eigenvalue weighted by Crippen LogP contribution is -3.00. The first-order valence-electron chi connectivity index (χ1n) is 6.14. The van der Waals surface area contributed by atoms with Gasteiger partial charge in [0.1, 0.15) is 11.4 Å². The zero-order valence-corrected chi connectivity index (χ0v) is 13.2. The lowest BCUT2D eigenvalue weighted by atomic mass is 10.2. The normalized spacial score (nSPS) is 10.3. The van der Waals surface area contributed by atoms with Crippen molar-refractivity contribution in [3.05, 3.63) is 53.8 Å². The standard InChI is InChI=1S/C15H13ClN2O.BrH/c1-2-19-13-5-3-11(4-6-13)14-10-18-8-7-12(16)9-15(18)17-14;/h3-10H,2H2,1H3;1H/p-1. The lowest BCUT2D eigenvalue weighted by Gasteiger charge is -2.02. The van der Waals surface area contributed by atoms with Crippen LogP contribution in [0.25, 0.3) is 16.9 Å². The molecule has 2 heterocycles. The number of rotatable bonds is 3. The highest BCUT2D eigenvalue weighted by molar-refractivity contribution is 6.30. The minimum Gasteiger partial charge on any atom is -1.00 e. The first-order valence-corrected chi connectivity index (χ1v) is 6.51. The number of imidazole rings is 1. The highest BCUT2D eigenvalue weighted by Crippen LogP contribution is 2.23. The molecule has 0 aliphatic carbocycles. The van der Waals surface area contributed by atoms with Crippen LogP contribution in [0.15, 0.2) is 48.8 Å². The predicted octanol–water partition coefficient (Wildman–Crippen LogP) is 1.06. The SMILES string of the molecule is CCOc1ccc(-c2cn3ccc(Cl)cc3n2)cc1.[Br-]. The third-order valence-corrected chi connectivity index (χ3v) is 3.12. The zero-order valence-electron chi connectivity index (χ0n) is 10.9. The molecule has 0 bridgehead atoms. The average Bonchev–Trinajstić information content (AvgIpc) is 2.83. The smallest absolute Gasteiger partial charge is 0.138 e. The predicted molar refractivity (Wildman–Crippen MR) is 76.8 cm³/mol. The van der Waals surface area contributed by atoms with Crippen molar-refractivity contribution in [3.63, 3.8) is 0 Å². The number of ether oxygens (including phenoxy) is 1. The number of pyridine rings is 1. The highest BCUT2D eigenvalue weighted by atomic mass is 79.9. The van der Waals surface area contributed by atoms with Crippen LogP contribution >= 0.6 is 11.6 Å². The van der Waals surface area contributed by atoms with Crippen LogP contribution in [0.5, 0.6) is 5.75 Å². The number of nitrogens with zero attached hydrogens (tertiary/aromatic N) is 2. The fourth-order valence-corrected chi connectivity index (χ4v) is 2.14. The maximum atomic E-state index is 5.96. The van der Waals surface area contributed by atoms with Gasteiger partial charge in [0, 0.05) is 29.0 Å². The Kier molecular flexibility index (Phi) is 4.68. The molecule has 0 atom stereocenters. The second-order valence-corrected chi connectivity index (χ2v) is 4.63. The van der Waals surface area contributed by atoms with Gasteiger partial charge in [-0.3, -0.25) is 0 Å². The van der Waals surface area contributed by atoms with Gasteiger partial charge in [-0.1, -0.05) is 11.6 Å². The molecule has 0 fully saturated rings. The van der Waals surface area contributed by atoms with E-state index in [-0.39, 0.29) is 17.0 Å². The summed E-state index contributed by atoms with van der Waals surface area (Å²) in [4.78, 5) is 4.56. The number of aromatic nitrogens is 2. The Morgan fingerprint density at radius 1 is 1.20 bits per heavy atom. The first kappa shape index (κ1) is 14.9. The molecule has 0 radical (unpaired) electrons. The molecule has 0 amide bonds. The summed E-state index contributed by atoms with van der Waals surface area (Å²) in [6.07, 6.45) is 3.89. The molecule has 0 saturated carbocycles. The molecular weight excluding hydrogens is 340 g/mol. The van der Waals surface area contributed by atoms with Gasteiger partial charge in [0.05, 0.1) is 12.3 Å². The molecule has 0 spiro atoms. The van der Waals surface area contributed by atoms with E-state index < -0.39 is 0 Å². The van der Waals surface area contributed by atoms with E-state index in [2.05, 4.69) is 4.98 Å². The Labute approximate surface area is 132 Å². The van der Waals surface area contributed by atoms with Gasteiger partial charge >= 0.3 is 0 Å². The molecule has 0 unspecified atom stereocenters. The van der Waals surface area contributed by atoms with Crippen molar-refractivity contribution in [3.8, 4) is 17.0 Å². The summed E-state index contributed by atoms with van der Waals surface area (Å²) >= 11 is 5.96. The molecule has 20 heavy (non-hydrogen) atoms. The maximum absolute atomic E-state index is 5.96. The topological polar surface area (TPSA) is 26.5 Å². The van der Waals surface area contributed by atoms with E-state index in [9.17, 15) is 0 Å². The second kappa shape index (κ2) is 6.29. The van der Waals surface area contributed by atoms with E-state index in [0.717, 1.165) is 22.7 Å². The summed E-state index contributed by atoms with van der Waals surface area (Å²) in [5.41, 5.74) is 2.82. The molecular formula is C15H13BrClN2O-. The molecule has 2 aromatic heterocycles. The second-order valence-electron chi connectivity index (χ2n) is 4.19. The Morgan fingerprint density at radius 3 is 2.65 bits per heavy atom. The van der Waals surface area contributed by atoms with Crippen molar-refractivity contribution in [2.75, 3.05) is 6.61 Å². The minimum absolute atomic E-state index is 0. The van der Waals surface area contributed by atoms with E-state index in [1.807, 2.05) is 60.1 Å². The van der Waals surface area contributed by atoms with Crippen LogP contribution in [0.2, 0.25) is 5.02 Å². The van der Waals surface area contributed by atoms with Gasteiger partial charge in [0.2, 0.25) is 0 Å². The first-order chi connectivity index (χ1) is 9.26. The quantitative estimate of drug-likeness (QED) is 0.705. The molecule has 3 aromatic rings. The fraction of sp³-hybridized carbons (Fsp3) is 0.133. The molecule has 104 valence electrons. The van der Waals surface area contributed by atoms with Crippen LogP contribution in [0.4, 0.5) is 0 Å². The van der Waals surface area contributed by atoms with E-state index in [0.29, 0.717) is 11.6 Å². The molecule has 0 saturated heterocycles. The van der Waals surface area contributed by atoms with Crippen LogP contribution in [0, 0.1) is 0 Å². The minimum atomic E-state index is 0. The summed E-state index contributed by atoms with van der Waals surface area (Å²) in [6, 6.07) is 11.6. The van der Waals surface area contributed by atoms with Crippen molar-refractivity contribution in [1.29, 1.82) is 0 Å².